The Balaban J connectivity index is 2.99. The van der Waals surface area contributed by atoms with Crippen molar-refractivity contribution in [3.05, 3.63) is 35.9 Å². The number of rotatable bonds is 14. The maximum absolute atomic E-state index is 13.1. The molecular weight excluding hydrogens is 470 g/mol. The second kappa shape index (κ2) is 14.4. The van der Waals surface area contributed by atoms with Crippen LogP contribution in [0.1, 0.15) is 46.1 Å². The fraction of sp³-hybridized carbons (Fsp3) is 0.500. The molecule has 1 rings (SSSR count). The predicted octanol–water partition coefficient (Wildman–Crippen LogP) is -0.786. The van der Waals surface area contributed by atoms with E-state index in [4.69, 9.17) is 10.8 Å². The van der Waals surface area contributed by atoms with Crippen molar-refractivity contribution in [3.63, 3.8) is 0 Å². The third-order valence-corrected chi connectivity index (χ3v) is 5.28. The molecule has 1 aromatic rings. The van der Waals surface area contributed by atoms with Gasteiger partial charge in [0.25, 0.3) is 0 Å². The van der Waals surface area contributed by atoms with Crippen LogP contribution in [0.4, 0.5) is 0 Å². The summed E-state index contributed by atoms with van der Waals surface area (Å²) < 4.78 is 0. The molecule has 0 saturated heterocycles. The van der Waals surface area contributed by atoms with Gasteiger partial charge < -0.3 is 32.1 Å². The summed E-state index contributed by atoms with van der Waals surface area (Å²) in [4.78, 5) is 72.4. The smallest absolute Gasteiger partial charge is 0.303 e. The Kier molecular flexibility index (Phi) is 12.1. The van der Waals surface area contributed by atoms with Crippen molar-refractivity contribution in [1.82, 2.24) is 21.3 Å². The quantitative estimate of drug-likeness (QED) is 0.190. The van der Waals surface area contributed by atoms with Gasteiger partial charge in [-0.3, -0.25) is 28.8 Å². The maximum atomic E-state index is 13.1. The number of benzene rings is 1. The molecule has 5 amide bonds. The average molecular weight is 506 g/mol. The summed E-state index contributed by atoms with van der Waals surface area (Å²) in [5, 5.41) is 18.9. The minimum Gasteiger partial charge on any atom is -0.481 e. The molecule has 0 saturated carbocycles. The Bertz CT molecular complexity index is 951. The van der Waals surface area contributed by atoms with E-state index in [0.717, 1.165) is 5.56 Å². The number of amides is 5. The summed E-state index contributed by atoms with van der Waals surface area (Å²) in [5.74, 6) is -4.69. The summed E-state index contributed by atoms with van der Waals surface area (Å²) in [6, 6.07) is 4.59. The van der Waals surface area contributed by atoms with Crippen LogP contribution < -0.4 is 27.0 Å². The Morgan fingerprint density at radius 3 is 1.92 bits per heavy atom. The van der Waals surface area contributed by atoms with Crippen LogP contribution in [0, 0.1) is 5.92 Å². The van der Waals surface area contributed by atoms with Gasteiger partial charge in [-0.25, -0.2) is 0 Å². The second-order valence-corrected chi connectivity index (χ2v) is 8.80. The molecular formula is C24H35N5O7. The van der Waals surface area contributed by atoms with Gasteiger partial charge in [0.05, 0.1) is 0 Å². The molecule has 36 heavy (non-hydrogen) atoms. The zero-order valence-electron chi connectivity index (χ0n) is 20.9. The largest absolute Gasteiger partial charge is 0.481 e. The molecule has 4 atom stereocenters. The first-order chi connectivity index (χ1) is 16.8. The molecule has 0 aromatic heterocycles. The number of carboxylic acids is 1. The molecule has 0 fully saturated rings. The standard InChI is InChI=1S/C24H35N5O7/c1-13(2)20(27-15(4)30)24(36)29-18(12-16-8-6-5-7-9-16)23(35)26-14(3)22(34)28-17(21(25)33)10-11-19(31)32/h5-9,13-14,17-18,20H,10-12H2,1-4H3,(H2,25,33)(H,26,35)(H,27,30)(H,28,34)(H,29,36)(H,31,32)/t14-,17-,18-,20-/m0/s1. The summed E-state index contributed by atoms with van der Waals surface area (Å²) in [5.41, 5.74) is 5.99. The topological polar surface area (TPSA) is 197 Å². The number of primary amides is 1. The zero-order valence-corrected chi connectivity index (χ0v) is 20.9. The Labute approximate surface area is 209 Å². The van der Waals surface area contributed by atoms with Gasteiger partial charge in [-0.1, -0.05) is 44.2 Å². The van der Waals surface area contributed by atoms with Gasteiger partial charge in [0, 0.05) is 19.8 Å². The number of nitrogens with one attached hydrogen (secondary N) is 4. The van der Waals surface area contributed by atoms with E-state index in [2.05, 4.69) is 21.3 Å². The molecule has 0 bridgehead atoms. The normalized spacial score (nSPS) is 14.0. The van der Waals surface area contributed by atoms with Crippen LogP contribution in [0.3, 0.4) is 0 Å². The summed E-state index contributed by atoms with van der Waals surface area (Å²) in [6.07, 6.45) is -0.477. The first-order valence-corrected chi connectivity index (χ1v) is 11.5. The van der Waals surface area contributed by atoms with Crippen LogP contribution in [-0.2, 0) is 35.2 Å². The molecule has 12 heteroatoms. The van der Waals surface area contributed by atoms with E-state index in [-0.39, 0.29) is 25.2 Å². The number of nitrogens with two attached hydrogens (primary N) is 1. The summed E-state index contributed by atoms with van der Waals surface area (Å²) in [7, 11) is 0. The number of carboxylic acid groups (broad SMARTS) is 1. The SMILES string of the molecule is CC(=O)N[C@H](C(=O)N[C@@H](Cc1ccccc1)C(=O)N[C@@H](C)C(=O)N[C@@H](CCC(=O)O)C(N)=O)C(C)C. The van der Waals surface area contributed by atoms with Crippen molar-refractivity contribution >= 4 is 35.5 Å². The van der Waals surface area contributed by atoms with E-state index in [0.29, 0.717) is 0 Å². The van der Waals surface area contributed by atoms with Gasteiger partial charge in [0.2, 0.25) is 29.5 Å². The maximum Gasteiger partial charge on any atom is 0.303 e. The molecule has 0 spiro atoms. The van der Waals surface area contributed by atoms with Gasteiger partial charge >= 0.3 is 5.97 Å². The Morgan fingerprint density at radius 1 is 0.833 bits per heavy atom. The number of carbonyl (C=O) groups excluding carboxylic acids is 5. The first-order valence-electron chi connectivity index (χ1n) is 11.5. The van der Waals surface area contributed by atoms with Crippen molar-refractivity contribution in [2.24, 2.45) is 11.7 Å². The second-order valence-electron chi connectivity index (χ2n) is 8.80. The van der Waals surface area contributed by atoms with Gasteiger partial charge in [-0.05, 0) is 24.8 Å². The number of aliphatic carboxylic acids is 1. The van der Waals surface area contributed by atoms with Crippen LogP contribution in [0.25, 0.3) is 0 Å². The lowest BCUT2D eigenvalue weighted by molar-refractivity contribution is -0.138. The lowest BCUT2D eigenvalue weighted by atomic mass is 10.0. The molecule has 12 nitrogen and oxygen atoms in total. The van der Waals surface area contributed by atoms with E-state index in [9.17, 15) is 28.8 Å². The van der Waals surface area contributed by atoms with Crippen LogP contribution >= 0.6 is 0 Å². The highest BCUT2D eigenvalue weighted by Crippen LogP contribution is 2.07. The Hall–Kier alpha value is -3.96. The zero-order chi connectivity index (χ0) is 27.4. The van der Waals surface area contributed by atoms with Crippen molar-refractivity contribution in [3.8, 4) is 0 Å². The monoisotopic (exact) mass is 505 g/mol. The van der Waals surface area contributed by atoms with E-state index >= 15 is 0 Å². The van der Waals surface area contributed by atoms with Gasteiger partial charge in [0.1, 0.15) is 24.2 Å². The Morgan fingerprint density at radius 2 is 1.42 bits per heavy atom. The fourth-order valence-corrected chi connectivity index (χ4v) is 3.30. The van der Waals surface area contributed by atoms with Crippen LogP contribution in [0.5, 0.6) is 0 Å². The van der Waals surface area contributed by atoms with Gasteiger partial charge in [-0.15, -0.1) is 0 Å². The minimum absolute atomic E-state index is 0.111. The number of hydrogen-bond donors (Lipinski definition) is 6. The third kappa shape index (κ3) is 10.5. The molecule has 0 aliphatic carbocycles. The molecule has 1 aromatic carbocycles. The average Bonchev–Trinajstić information content (AvgIpc) is 2.79. The van der Waals surface area contributed by atoms with Gasteiger partial charge in [-0.2, -0.15) is 0 Å². The van der Waals surface area contributed by atoms with E-state index in [1.54, 1.807) is 44.2 Å². The van der Waals surface area contributed by atoms with E-state index in [1.165, 1.54) is 13.8 Å². The lowest BCUT2D eigenvalue weighted by Gasteiger charge is -2.26. The highest BCUT2D eigenvalue weighted by atomic mass is 16.4. The molecule has 0 radical (unpaired) electrons. The van der Waals surface area contributed by atoms with Gasteiger partial charge in [0.15, 0.2) is 0 Å². The lowest BCUT2D eigenvalue weighted by Crippen LogP contribution is -2.58. The number of hydrogen-bond acceptors (Lipinski definition) is 6. The van der Waals surface area contributed by atoms with E-state index in [1.807, 2.05) is 0 Å². The van der Waals surface area contributed by atoms with Crippen molar-refractivity contribution in [2.75, 3.05) is 0 Å². The molecule has 0 aliphatic rings. The minimum atomic E-state index is -1.22. The summed E-state index contributed by atoms with van der Waals surface area (Å²) in [6.45, 7) is 6.15. The third-order valence-electron chi connectivity index (χ3n) is 5.28. The summed E-state index contributed by atoms with van der Waals surface area (Å²) >= 11 is 0. The van der Waals surface area contributed by atoms with E-state index < -0.39 is 59.7 Å². The highest BCUT2D eigenvalue weighted by molar-refractivity contribution is 5.95. The van der Waals surface area contributed by atoms with Crippen LogP contribution in [-0.4, -0.2) is 64.8 Å². The molecule has 7 N–H and O–H groups in total. The van der Waals surface area contributed by atoms with Crippen molar-refractivity contribution < 1.29 is 33.9 Å². The van der Waals surface area contributed by atoms with Crippen molar-refractivity contribution in [2.45, 2.75) is 71.1 Å². The highest BCUT2D eigenvalue weighted by Gasteiger charge is 2.30. The molecule has 0 aliphatic heterocycles. The molecule has 0 heterocycles. The first kappa shape index (κ1) is 30.1. The van der Waals surface area contributed by atoms with Crippen molar-refractivity contribution in [1.29, 1.82) is 0 Å². The predicted molar refractivity (Wildman–Crippen MR) is 130 cm³/mol. The molecule has 0 unspecified atom stereocenters. The number of carbonyl (C=O) groups is 6. The van der Waals surface area contributed by atoms with Crippen LogP contribution in [0.15, 0.2) is 30.3 Å². The molecule has 198 valence electrons. The van der Waals surface area contributed by atoms with Crippen LogP contribution in [0.2, 0.25) is 0 Å². The fourth-order valence-electron chi connectivity index (χ4n) is 3.30.